The fourth-order valence-electron chi connectivity index (χ4n) is 2.64. The zero-order valence-electron chi connectivity index (χ0n) is 11.8. The second kappa shape index (κ2) is 7.24. The summed E-state index contributed by atoms with van der Waals surface area (Å²) in [5.41, 5.74) is 5.02. The molecule has 3 nitrogen and oxygen atoms in total. The van der Waals surface area contributed by atoms with Gasteiger partial charge in [0.2, 0.25) is 0 Å². The molecule has 0 heterocycles. The Morgan fingerprint density at radius 2 is 2.00 bits per heavy atom. The summed E-state index contributed by atoms with van der Waals surface area (Å²) < 4.78 is 40.8. The van der Waals surface area contributed by atoms with Crippen LogP contribution in [-0.2, 0) is 4.74 Å². The van der Waals surface area contributed by atoms with Crippen LogP contribution < -0.4 is 11.3 Å². The average molecular weight is 302 g/mol. The molecular weight excluding hydrogens is 281 g/mol. The van der Waals surface area contributed by atoms with Crippen molar-refractivity contribution < 1.29 is 17.9 Å². The van der Waals surface area contributed by atoms with E-state index in [2.05, 4.69) is 16.2 Å². The number of rotatable bonds is 7. The summed E-state index contributed by atoms with van der Waals surface area (Å²) in [7, 11) is 0. The van der Waals surface area contributed by atoms with Crippen molar-refractivity contribution in [3.8, 4) is 0 Å². The predicted molar refractivity (Wildman–Crippen MR) is 74.6 cm³/mol. The maximum Gasteiger partial charge on any atom is 0.411 e. The van der Waals surface area contributed by atoms with E-state index in [1.165, 1.54) is 24.8 Å². The molecule has 1 aromatic carbocycles. The fourth-order valence-corrected chi connectivity index (χ4v) is 2.64. The van der Waals surface area contributed by atoms with E-state index >= 15 is 0 Å². The highest BCUT2D eigenvalue weighted by atomic mass is 19.4. The van der Waals surface area contributed by atoms with E-state index in [0.717, 1.165) is 5.56 Å². The Hall–Kier alpha value is -1.11. The molecule has 6 heteroatoms. The highest BCUT2D eigenvalue weighted by molar-refractivity contribution is 5.34. The van der Waals surface area contributed by atoms with Gasteiger partial charge in [-0.15, -0.1) is 0 Å². The van der Waals surface area contributed by atoms with Gasteiger partial charge in [0.05, 0.1) is 0 Å². The minimum Gasteiger partial charge on any atom is -0.372 e. The smallest absolute Gasteiger partial charge is 0.372 e. The molecule has 1 atom stereocenters. The Kier molecular flexibility index (Phi) is 5.61. The van der Waals surface area contributed by atoms with E-state index in [4.69, 9.17) is 5.84 Å². The molecule has 0 amide bonds. The lowest BCUT2D eigenvalue weighted by atomic mass is 9.77. The Labute approximate surface area is 122 Å². The summed E-state index contributed by atoms with van der Waals surface area (Å²) in [6.07, 6.45) is -0.308. The van der Waals surface area contributed by atoms with Crippen LogP contribution in [0.1, 0.15) is 48.8 Å². The van der Waals surface area contributed by atoms with Gasteiger partial charge < -0.3 is 4.74 Å². The van der Waals surface area contributed by atoms with Gasteiger partial charge in [0.1, 0.15) is 6.61 Å². The van der Waals surface area contributed by atoms with Crippen molar-refractivity contribution in [1.29, 1.82) is 0 Å². The number of halogens is 3. The van der Waals surface area contributed by atoms with Crippen LogP contribution in [0.25, 0.3) is 0 Å². The van der Waals surface area contributed by atoms with E-state index in [0.29, 0.717) is 12.3 Å². The summed E-state index contributed by atoms with van der Waals surface area (Å²) in [5, 5.41) is 0. The molecule has 0 spiro atoms. The van der Waals surface area contributed by atoms with Crippen LogP contribution in [0.3, 0.4) is 0 Å². The Balaban J connectivity index is 1.94. The molecule has 0 aromatic heterocycles. The van der Waals surface area contributed by atoms with Gasteiger partial charge in [-0.25, -0.2) is 0 Å². The second-order valence-electron chi connectivity index (χ2n) is 5.43. The third kappa shape index (κ3) is 4.69. The maximum absolute atomic E-state index is 12.0. The first-order chi connectivity index (χ1) is 10.0. The molecule has 0 radical (unpaired) electrons. The van der Waals surface area contributed by atoms with Crippen LogP contribution in [-0.4, -0.2) is 19.4 Å². The molecule has 0 saturated heterocycles. The largest absolute Gasteiger partial charge is 0.411 e. The molecule has 1 aromatic rings. The predicted octanol–water partition coefficient (Wildman–Crippen LogP) is 3.43. The van der Waals surface area contributed by atoms with Gasteiger partial charge in [-0.3, -0.25) is 11.3 Å². The molecule has 3 N–H and O–H groups in total. The van der Waals surface area contributed by atoms with Crippen molar-refractivity contribution in [2.24, 2.45) is 5.84 Å². The third-order valence-electron chi connectivity index (χ3n) is 3.93. The third-order valence-corrected chi connectivity index (χ3v) is 3.93. The quantitative estimate of drug-likeness (QED) is 0.461. The molecular formula is C15H21F3N2O. The summed E-state index contributed by atoms with van der Waals surface area (Å²) >= 11 is 0. The first-order valence-electron chi connectivity index (χ1n) is 7.20. The number of alkyl halides is 3. The van der Waals surface area contributed by atoms with Gasteiger partial charge in [-0.1, -0.05) is 30.7 Å². The van der Waals surface area contributed by atoms with Crippen LogP contribution in [0.2, 0.25) is 0 Å². The monoisotopic (exact) mass is 302 g/mol. The van der Waals surface area contributed by atoms with Gasteiger partial charge in [0.15, 0.2) is 0 Å². The van der Waals surface area contributed by atoms with Crippen molar-refractivity contribution in [3.05, 3.63) is 35.4 Å². The zero-order chi connectivity index (χ0) is 15.3. The lowest BCUT2D eigenvalue weighted by Gasteiger charge is -2.30. The van der Waals surface area contributed by atoms with E-state index in [-0.39, 0.29) is 12.6 Å². The average Bonchev–Trinajstić information content (AvgIpc) is 2.37. The van der Waals surface area contributed by atoms with Crippen LogP contribution in [0.4, 0.5) is 13.2 Å². The molecule has 1 unspecified atom stereocenters. The number of benzene rings is 1. The second-order valence-corrected chi connectivity index (χ2v) is 5.43. The van der Waals surface area contributed by atoms with Gasteiger partial charge in [0.25, 0.3) is 0 Å². The summed E-state index contributed by atoms with van der Waals surface area (Å²) in [4.78, 5) is 0. The van der Waals surface area contributed by atoms with Gasteiger partial charge in [-0.2, -0.15) is 13.2 Å². The van der Waals surface area contributed by atoms with E-state index in [1.807, 2.05) is 18.2 Å². The number of nitrogens with one attached hydrogen (secondary N) is 1. The summed E-state index contributed by atoms with van der Waals surface area (Å²) in [6, 6.07) is 7.81. The maximum atomic E-state index is 12.0. The lowest BCUT2D eigenvalue weighted by molar-refractivity contribution is -0.174. The molecule has 1 fully saturated rings. The standard InChI is InChI=1S/C15H21F3N2O/c16-15(17,18)10-21-9-8-14(20-19)13-7-2-1-6-12(13)11-4-3-5-11/h1-2,6-7,11,14,20H,3-5,8-10,19H2. The van der Waals surface area contributed by atoms with Crippen LogP contribution in [0, 0.1) is 0 Å². The summed E-state index contributed by atoms with van der Waals surface area (Å²) in [5.74, 6) is 6.12. The number of hydrogen-bond acceptors (Lipinski definition) is 3. The van der Waals surface area contributed by atoms with E-state index < -0.39 is 12.8 Å². The molecule has 118 valence electrons. The highest BCUT2D eigenvalue weighted by Gasteiger charge is 2.28. The van der Waals surface area contributed by atoms with E-state index in [9.17, 15) is 13.2 Å². The van der Waals surface area contributed by atoms with E-state index in [1.54, 1.807) is 0 Å². The Bertz CT molecular complexity index is 447. The fraction of sp³-hybridized carbons (Fsp3) is 0.600. The molecule has 0 bridgehead atoms. The van der Waals surface area contributed by atoms with Gasteiger partial charge in [0, 0.05) is 12.6 Å². The molecule has 21 heavy (non-hydrogen) atoms. The van der Waals surface area contributed by atoms with Crippen molar-refractivity contribution in [1.82, 2.24) is 5.43 Å². The number of nitrogens with two attached hydrogens (primary N) is 1. The van der Waals surface area contributed by atoms with Crippen LogP contribution in [0.5, 0.6) is 0 Å². The normalized spacial score (nSPS) is 17.5. The number of ether oxygens (including phenoxy) is 1. The Morgan fingerprint density at radius 1 is 1.29 bits per heavy atom. The van der Waals surface area contributed by atoms with Crippen LogP contribution in [0.15, 0.2) is 24.3 Å². The topological polar surface area (TPSA) is 47.3 Å². The molecule has 0 aliphatic heterocycles. The lowest BCUT2D eigenvalue weighted by Crippen LogP contribution is -2.31. The SMILES string of the molecule is NNC(CCOCC(F)(F)F)c1ccccc1C1CCC1. The summed E-state index contributed by atoms with van der Waals surface area (Å²) in [6.45, 7) is -1.19. The number of hydrazine groups is 1. The molecule has 1 aliphatic rings. The van der Waals surface area contributed by atoms with Gasteiger partial charge in [-0.05, 0) is 36.3 Å². The van der Waals surface area contributed by atoms with Crippen LogP contribution >= 0.6 is 0 Å². The number of hydrogen-bond donors (Lipinski definition) is 2. The van der Waals surface area contributed by atoms with Crippen molar-refractivity contribution in [3.63, 3.8) is 0 Å². The molecule has 1 saturated carbocycles. The first-order valence-corrected chi connectivity index (χ1v) is 7.20. The van der Waals surface area contributed by atoms with Gasteiger partial charge >= 0.3 is 6.18 Å². The van der Waals surface area contributed by atoms with Crippen molar-refractivity contribution >= 4 is 0 Å². The van der Waals surface area contributed by atoms with Crippen molar-refractivity contribution in [2.45, 2.75) is 43.8 Å². The Morgan fingerprint density at radius 3 is 2.57 bits per heavy atom. The molecule has 2 rings (SSSR count). The van der Waals surface area contributed by atoms with Crippen molar-refractivity contribution in [2.75, 3.05) is 13.2 Å². The molecule has 1 aliphatic carbocycles. The minimum atomic E-state index is -4.28. The zero-order valence-corrected chi connectivity index (χ0v) is 11.8. The minimum absolute atomic E-state index is 0.0212. The highest BCUT2D eigenvalue weighted by Crippen LogP contribution is 2.39. The first kappa shape index (κ1) is 16.3.